The molecule has 0 unspecified atom stereocenters. The molecule has 0 spiro atoms. The van der Waals surface area contributed by atoms with E-state index in [1.807, 2.05) is 6.07 Å². The zero-order valence-electron chi connectivity index (χ0n) is 10.1. The van der Waals surface area contributed by atoms with E-state index in [4.69, 9.17) is 10.2 Å². The molecule has 1 heterocycles. The highest BCUT2D eigenvalue weighted by atomic mass is 79.9. The number of amides is 1. The fourth-order valence-electron chi connectivity index (χ4n) is 1.69. The fourth-order valence-corrected chi connectivity index (χ4v) is 2.07. The molecule has 3 N–H and O–H groups in total. The Morgan fingerprint density at radius 2 is 2.06 bits per heavy atom. The molecule has 0 saturated heterocycles. The second-order valence-electron chi connectivity index (χ2n) is 4.01. The highest BCUT2D eigenvalue weighted by Gasteiger charge is 2.14. The van der Waals surface area contributed by atoms with E-state index in [-0.39, 0.29) is 5.91 Å². The smallest absolute Gasteiger partial charge is 0.259 e. The predicted octanol–water partition coefficient (Wildman–Crippen LogP) is 3.49. The number of furan rings is 1. The van der Waals surface area contributed by atoms with Crippen molar-refractivity contribution in [3.05, 3.63) is 45.8 Å². The molecule has 0 aliphatic rings. The normalized spacial score (nSPS) is 10.4. The third-order valence-corrected chi connectivity index (χ3v) is 3.04. The first-order chi connectivity index (χ1) is 8.47. The first kappa shape index (κ1) is 12.7. The van der Waals surface area contributed by atoms with Gasteiger partial charge >= 0.3 is 0 Å². The molecule has 1 aromatic carbocycles. The van der Waals surface area contributed by atoms with Gasteiger partial charge in [-0.15, -0.1) is 0 Å². The van der Waals surface area contributed by atoms with Crippen LogP contribution >= 0.6 is 15.9 Å². The Morgan fingerprint density at radius 3 is 2.61 bits per heavy atom. The number of carbonyl (C=O) groups is 1. The number of hydrogen-bond acceptors (Lipinski definition) is 3. The number of halogens is 1. The number of nitrogen functional groups attached to an aromatic ring is 1. The summed E-state index contributed by atoms with van der Waals surface area (Å²) >= 11 is 3.31. The van der Waals surface area contributed by atoms with Gasteiger partial charge in [0.2, 0.25) is 0 Å². The van der Waals surface area contributed by atoms with Gasteiger partial charge in [0.1, 0.15) is 11.5 Å². The van der Waals surface area contributed by atoms with Crippen molar-refractivity contribution < 1.29 is 9.21 Å². The van der Waals surface area contributed by atoms with Gasteiger partial charge in [0, 0.05) is 4.47 Å². The molecule has 5 heteroatoms. The van der Waals surface area contributed by atoms with Crippen LogP contribution in [-0.4, -0.2) is 5.91 Å². The summed E-state index contributed by atoms with van der Waals surface area (Å²) in [7, 11) is 0. The first-order valence-electron chi connectivity index (χ1n) is 5.41. The summed E-state index contributed by atoms with van der Waals surface area (Å²) in [5.41, 5.74) is 7.44. The topological polar surface area (TPSA) is 68.3 Å². The van der Waals surface area contributed by atoms with Crippen LogP contribution in [0.1, 0.15) is 21.9 Å². The SMILES string of the molecule is Cc1cc(C(=O)Nc2ccc(Br)cc2N)c(C)o1. The van der Waals surface area contributed by atoms with Gasteiger partial charge in [-0.25, -0.2) is 0 Å². The molecule has 0 aliphatic heterocycles. The average molecular weight is 309 g/mol. The van der Waals surface area contributed by atoms with Gasteiger partial charge in [0.25, 0.3) is 5.91 Å². The minimum absolute atomic E-state index is 0.224. The van der Waals surface area contributed by atoms with E-state index >= 15 is 0 Å². The predicted molar refractivity (Wildman–Crippen MR) is 74.7 cm³/mol. The van der Waals surface area contributed by atoms with Crippen LogP contribution in [0.25, 0.3) is 0 Å². The van der Waals surface area contributed by atoms with E-state index in [1.54, 1.807) is 32.0 Å². The molecule has 4 nitrogen and oxygen atoms in total. The lowest BCUT2D eigenvalue weighted by Gasteiger charge is -2.07. The number of aryl methyl sites for hydroxylation is 2. The van der Waals surface area contributed by atoms with Crippen molar-refractivity contribution in [2.24, 2.45) is 0 Å². The molecule has 0 aliphatic carbocycles. The van der Waals surface area contributed by atoms with Crippen LogP contribution in [-0.2, 0) is 0 Å². The Hall–Kier alpha value is -1.75. The number of nitrogens with two attached hydrogens (primary N) is 1. The van der Waals surface area contributed by atoms with Crippen LogP contribution < -0.4 is 11.1 Å². The van der Waals surface area contributed by atoms with Gasteiger partial charge in [-0.2, -0.15) is 0 Å². The van der Waals surface area contributed by atoms with Crippen molar-refractivity contribution in [3.8, 4) is 0 Å². The first-order valence-corrected chi connectivity index (χ1v) is 6.20. The van der Waals surface area contributed by atoms with Gasteiger partial charge in [-0.05, 0) is 38.1 Å². The van der Waals surface area contributed by atoms with Crippen molar-refractivity contribution >= 4 is 33.2 Å². The van der Waals surface area contributed by atoms with Gasteiger partial charge < -0.3 is 15.5 Å². The van der Waals surface area contributed by atoms with E-state index < -0.39 is 0 Å². The van der Waals surface area contributed by atoms with Crippen molar-refractivity contribution in [1.82, 2.24) is 0 Å². The molecular weight excluding hydrogens is 296 g/mol. The molecule has 0 fully saturated rings. The summed E-state index contributed by atoms with van der Waals surface area (Å²) in [5.74, 6) is 1.08. The van der Waals surface area contributed by atoms with Crippen molar-refractivity contribution in [2.75, 3.05) is 11.1 Å². The molecule has 94 valence electrons. The maximum absolute atomic E-state index is 12.0. The zero-order valence-corrected chi connectivity index (χ0v) is 11.7. The lowest BCUT2D eigenvalue weighted by atomic mass is 10.2. The lowest BCUT2D eigenvalue weighted by molar-refractivity contribution is 0.102. The minimum atomic E-state index is -0.224. The minimum Gasteiger partial charge on any atom is -0.466 e. The van der Waals surface area contributed by atoms with Crippen LogP contribution in [0, 0.1) is 13.8 Å². The Balaban J connectivity index is 2.24. The van der Waals surface area contributed by atoms with Crippen molar-refractivity contribution in [2.45, 2.75) is 13.8 Å². The summed E-state index contributed by atoms with van der Waals surface area (Å²) in [4.78, 5) is 12.0. The van der Waals surface area contributed by atoms with Gasteiger partial charge in [-0.3, -0.25) is 4.79 Å². The highest BCUT2D eigenvalue weighted by molar-refractivity contribution is 9.10. The monoisotopic (exact) mass is 308 g/mol. The number of rotatable bonds is 2. The molecule has 18 heavy (non-hydrogen) atoms. The number of carbonyl (C=O) groups excluding carboxylic acids is 1. The van der Waals surface area contributed by atoms with E-state index in [1.165, 1.54) is 0 Å². The van der Waals surface area contributed by atoms with Crippen LogP contribution in [0.3, 0.4) is 0 Å². The standard InChI is InChI=1S/C13H13BrN2O2/c1-7-5-10(8(2)18-7)13(17)16-12-4-3-9(14)6-11(12)15/h3-6H,15H2,1-2H3,(H,16,17). The Morgan fingerprint density at radius 1 is 1.33 bits per heavy atom. The zero-order chi connectivity index (χ0) is 13.3. The van der Waals surface area contributed by atoms with E-state index in [9.17, 15) is 4.79 Å². The second-order valence-corrected chi connectivity index (χ2v) is 4.93. The molecule has 0 atom stereocenters. The molecule has 1 aromatic heterocycles. The number of nitrogens with one attached hydrogen (secondary N) is 1. The molecular formula is C13H13BrN2O2. The molecule has 0 radical (unpaired) electrons. The maximum atomic E-state index is 12.0. The van der Waals surface area contributed by atoms with E-state index in [2.05, 4.69) is 21.2 Å². The second kappa shape index (κ2) is 4.86. The summed E-state index contributed by atoms with van der Waals surface area (Å²) in [5, 5.41) is 2.76. The highest BCUT2D eigenvalue weighted by Crippen LogP contribution is 2.24. The van der Waals surface area contributed by atoms with Crippen molar-refractivity contribution in [3.63, 3.8) is 0 Å². The average Bonchev–Trinajstić information content (AvgIpc) is 2.62. The van der Waals surface area contributed by atoms with Gasteiger partial charge in [0.05, 0.1) is 16.9 Å². The number of benzene rings is 1. The Bertz CT molecular complexity index is 605. The van der Waals surface area contributed by atoms with Crippen LogP contribution in [0.4, 0.5) is 11.4 Å². The van der Waals surface area contributed by atoms with E-state index in [0.29, 0.717) is 28.5 Å². The largest absolute Gasteiger partial charge is 0.466 e. The summed E-state index contributed by atoms with van der Waals surface area (Å²) in [6.45, 7) is 3.56. The van der Waals surface area contributed by atoms with Crippen LogP contribution in [0.2, 0.25) is 0 Å². The third-order valence-electron chi connectivity index (χ3n) is 2.55. The van der Waals surface area contributed by atoms with Crippen LogP contribution in [0.5, 0.6) is 0 Å². The Labute approximate surface area is 113 Å². The molecule has 2 aromatic rings. The van der Waals surface area contributed by atoms with Gasteiger partial charge in [0.15, 0.2) is 0 Å². The lowest BCUT2D eigenvalue weighted by Crippen LogP contribution is -2.13. The molecule has 2 rings (SSSR count). The summed E-state index contributed by atoms with van der Waals surface area (Å²) in [6.07, 6.45) is 0. The Kier molecular flexibility index (Phi) is 3.43. The van der Waals surface area contributed by atoms with Crippen LogP contribution in [0.15, 0.2) is 33.2 Å². The summed E-state index contributed by atoms with van der Waals surface area (Å²) < 4.78 is 6.19. The fraction of sp³-hybridized carbons (Fsp3) is 0.154. The number of hydrogen-bond donors (Lipinski definition) is 2. The number of anilines is 2. The van der Waals surface area contributed by atoms with Crippen molar-refractivity contribution in [1.29, 1.82) is 0 Å². The molecule has 0 bridgehead atoms. The quantitative estimate of drug-likeness (QED) is 0.834. The van der Waals surface area contributed by atoms with E-state index in [0.717, 1.165) is 4.47 Å². The summed E-state index contributed by atoms with van der Waals surface area (Å²) in [6, 6.07) is 7.02. The maximum Gasteiger partial charge on any atom is 0.259 e. The molecule has 1 amide bonds. The van der Waals surface area contributed by atoms with Gasteiger partial charge in [-0.1, -0.05) is 15.9 Å². The molecule has 0 saturated carbocycles. The third kappa shape index (κ3) is 2.56.